The fourth-order valence-corrected chi connectivity index (χ4v) is 2.29. The minimum Gasteiger partial charge on any atom is -0.369 e. The van der Waals surface area contributed by atoms with Crippen LogP contribution in [0.25, 0.3) is 0 Å². The summed E-state index contributed by atoms with van der Waals surface area (Å²) in [6.07, 6.45) is 4.28. The van der Waals surface area contributed by atoms with Gasteiger partial charge in [0.25, 0.3) is 0 Å². The van der Waals surface area contributed by atoms with Gasteiger partial charge < -0.3 is 4.74 Å². The van der Waals surface area contributed by atoms with Gasteiger partial charge in [0, 0.05) is 6.42 Å². The highest BCUT2D eigenvalue weighted by Crippen LogP contribution is 2.41. The molecule has 1 aliphatic rings. The molecule has 2 nitrogen and oxygen atoms in total. The topological polar surface area (TPSA) is 26.3 Å². The molecule has 2 atom stereocenters. The Labute approximate surface area is 109 Å². The fraction of sp³-hybridized carbons (Fsp3) is 0.562. The van der Waals surface area contributed by atoms with Crippen LogP contribution in [-0.4, -0.2) is 12.4 Å². The molecule has 0 aromatic heterocycles. The van der Waals surface area contributed by atoms with Crippen molar-refractivity contribution in [3.8, 4) is 0 Å². The van der Waals surface area contributed by atoms with Crippen LogP contribution in [0.2, 0.25) is 0 Å². The number of benzene rings is 1. The molecule has 0 spiro atoms. The molecule has 0 radical (unpaired) electrons. The smallest absolute Gasteiger partial charge is 0.158 e. The van der Waals surface area contributed by atoms with Crippen LogP contribution in [0.1, 0.15) is 38.2 Å². The van der Waals surface area contributed by atoms with Crippen molar-refractivity contribution in [3.63, 3.8) is 0 Å². The molecular formula is C16H22O2. The van der Waals surface area contributed by atoms with Crippen LogP contribution in [-0.2, 0) is 16.1 Å². The zero-order valence-electron chi connectivity index (χ0n) is 11.1. The second-order valence-corrected chi connectivity index (χ2v) is 5.38. The number of carbonyl (C=O) groups is 1. The maximum Gasteiger partial charge on any atom is 0.158 e. The maximum absolute atomic E-state index is 11.6. The summed E-state index contributed by atoms with van der Waals surface area (Å²) in [4.78, 5) is 11.6. The van der Waals surface area contributed by atoms with E-state index in [0.29, 0.717) is 13.0 Å². The monoisotopic (exact) mass is 246 g/mol. The molecule has 1 aliphatic carbocycles. The Bertz CT molecular complexity index is 372. The summed E-state index contributed by atoms with van der Waals surface area (Å²) in [6.45, 7) is 3.08. The highest BCUT2D eigenvalue weighted by Gasteiger charge is 2.31. The SMILES string of the molecule is C[C@H]1C[C@H]1CCCC(=O)COCc1ccccc1. The molecule has 1 aromatic rings. The van der Waals surface area contributed by atoms with Crippen LogP contribution in [0.5, 0.6) is 0 Å². The lowest BCUT2D eigenvalue weighted by Gasteiger charge is -2.04. The standard InChI is InChI=1S/C16H22O2/c1-13-10-15(13)8-5-9-16(17)12-18-11-14-6-3-2-4-7-14/h2-4,6-7,13,15H,5,8-12H2,1H3/t13-,15+/m0/s1. The number of carbonyl (C=O) groups excluding carboxylic acids is 1. The van der Waals surface area contributed by atoms with Gasteiger partial charge in [-0.2, -0.15) is 0 Å². The lowest BCUT2D eigenvalue weighted by Crippen LogP contribution is -2.08. The third-order valence-corrected chi connectivity index (χ3v) is 3.68. The molecule has 0 saturated heterocycles. The summed E-state index contributed by atoms with van der Waals surface area (Å²) in [6, 6.07) is 9.97. The molecule has 0 unspecified atom stereocenters. The average Bonchev–Trinajstić information content (AvgIpc) is 3.07. The van der Waals surface area contributed by atoms with Gasteiger partial charge >= 0.3 is 0 Å². The molecule has 0 aliphatic heterocycles. The van der Waals surface area contributed by atoms with Crippen molar-refractivity contribution in [2.24, 2.45) is 11.8 Å². The van der Waals surface area contributed by atoms with Gasteiger partial charge in [-0.1, -0.05) is 37.3 Å². The quantitative estimate of drug-likeness (QED) is 0.700. The predicted octanol–water partition coefficient (Wildman–Crippen LogP) is 3.60. The zero-order chi connectivity index (χ0) is 12.8. The maximum atomic E-state index is 11.6. The van der Waals surface area contributed by atoms with Crippen molar-refractivity contribution in [1.29, 1.82) is 0 Å². The van der Waals surface area contributed by atoms with Crippen molar-refractivity contribution < 1.29 is 9.53 Å². The molecular weight excluding hydrogens is 224 g/mol. The first-order chi connectivity index (χ1) is 8.75. The van der Waals surface area contributed by atoms with Crippen molar-refractivity contribution in [3.05, 3.63) is 35.9 Å². The Balaban J connectivity index is 1.52. The van der Waals surface area contributed by atoms with Gasteiger partial charge in [-0.25, -0.2) is 0 Å². The largest absolute Gasteiger partial charge is 0.369 e. The molecule has 0 amide bonds. The van der Waals surface area contributed by atoms with E-state index < -0.39 is 0 Å². The van der Waals surface area contributed by atoms with Crippen LogP contribution in [0, 0.1) is 11.8 Å². The Kier molecular flexibility index (Phi) is 4.94. The Morgan fingerprint density at radius 2 is 2.06 bits per heavy atom. The van der Waals surface area contributed by atoms with E-state index in [2.05, 4.69) is 6.92 Å². The third-order valence-electron chi connectivity index (χ3n) is 3.68. The van der Waals surface area contributed by atoms with Crippen LogP contribution < -0.4 is 0 Å². The van der Waals surface area contributed by atoms with Gasteiger partial charge in [0.15, 0.2) is 5.78 Å². The predicted molar refractivity (Wildman–Crippen MR) is 72.2 cm³/mol. The normalized spacial score (nSPS) is 21.8. The lowest BCUT2D eigenvalue weighted by molar-refractivity contribution is -0.124. The van der Waals surface area contributed by atoms with Gasteiger partial charge in [0.2, 0.25) is 0 Å². The number of hydrogen-bond acceptors (Lipinski definition) is 2. The van der Waals surface area contributed by atoms with Crippen molar-refractivity contribution >= 4 is 5.78 Å². The van der Waals surface area contributed by atoms with Crippen molar-refractivity contribution in [2.75, 3.05) is 6.61 Å². The Morgan fingerprint density at radius 3 is 2.72 bits per heavy atom. The van der Waals surface area contributed by atoms with Gasteiger partial charge in [-0.15, -0.1) is 0 Å². The first-order valence-electron chi connectivity index (χ1n) is 6.89. The van der Waals surface area contributed by atoms with Gasteiger partial charge in [0.1, 0.15) is 6.61 Å². The van der Waals surface area contributed by atoms with Crippen molar-refractivity contribution in [2.45, 2.75) is 39.2 Å². The number of hydrogen-bond donors (Lipinski definition) is 0. The molecule has 1 fully saturated rings. The van der Waals surface area contributed by atoms with Gasteiger partial charge in [-0.05, 0) is 36.7 Å². The first kappa shape index (κ1) is 13.3. The van der Waals surface area contributed by atoms with E-state index in [1.807, 2.05) is 30.3 Å². The Morgan fingerprint density at radius 1 is 1.33 bits per heavy atom. The van der Waals surface area contributed by atoms with E-state index in [1.165, 1.54) is 12.8 Å². The van der Waals surface area contributed by atoms with Crippen LogP contribution in [0.3, 0.4) is 0 Å². The van der Waals surface area contributed by atoms with Crippen LogP contribution in [0.15, 0.2) is 30.3 Å². The molecule has 2 heteroatoms. The van der Waals surface area contributed by atoms with E-state index >= 15 is 0 Å². The van der Waals surface area contributed by atoms with E-state index in [4.69, 9.17) is 4.74 Å². The average molecular weight is 246 g/mol. The Hall–Kier alpha value is -1.15. The summed E-state index contributed by atoms with van der Waals surface area (Å²) in [7, 11) is 0. The van der Waals surface area contributed by atoms with Crippen LogP contribution >= 0.6 is 0 Å². The summed E-state index contributed by atoms with van der Waals surface area (Å²) in [5.74, 6) is 2.02. The molecule has 0 bridgehead atoms. The molecule has 0 heterocycles. The summed E-state index contributed by atoms with van der Waals surface area (Å²) >= 11 is 0. The first-order valence-corrected chi connectivity index (χ1v) is 6.89. The second kappa shape index (κ2) is 6.69. The van der Waals surface area contributed by atoms with E-state index in [9.17, 15) is 4.79 Å². The van der Waals surface area contributed by atoms with Gasteiger partial charge in [0.05, 0.1) is 6.61 Å². The molecule has 1 saturated carbocycles. The van der Waals surface area contributed by atoms with Gasteiger partial charge in [-0.3, -0.25) is 4.79 Å². The molecule has 18 heavy (non-hydrogen) atoms. The zero-order valence-corrected chi connectivity index (χ0v) is 11.1. The summed E-state index contributed by atoms with van der Waals surface area (Å²) < 4.78 is 5.43. The highest BCUT2D eigenvalue weighted by atomic mass is 16.5. The number of rotatable bonds is 8. The minimum absolute atomic E-state index is 0.235. The second-order valence-electron chi connectivity index (χ2n) is 5.38. The molecule has 0 N–H and O–H groups in total. The number of Topliss-reactive ketones (excluding diaryl/α,β-unsaturated/α-hetero) is 1. The number of ether oxygens (including phenoxy) is 1. The fourth-order valence-electron chi connectivity index (χ4n) is 2.29. The highest BCUT2D eigenvalue weighted by molar-refractivity contribution is 5.79. The van der Waals surface area contributed by atoms with Crippen LogP contribution in [0.4, 0.5) is 0 Å². The summed E-state index contributed by atoms with van der Waals surface area (Å²) in [5, 5.41) is 0. The molecule has 98 valence electrons. The van der Waals surface area contributed by atoms with E-state index in [1.54, 1.807) is 0 Å². The third kappa shape index (κ3) is 4.61. The van der Waals surface area contributed by atoms with Crippen molar-refractivity contribution in [1.82, 2.24) is 0 Å². The van der Waals surface area contributed by atoms with E-state index in [-0.39, 0.29) is 12.4 Å². The molecule has 1 aromatic carbocycles. The van der Waals surface area contributed by atoms with E-state index in [0.717, 1.165) is 23.8 Å². The lowest BCUT2D eigenvalue weighted by atomic mass is 10.1. The summed E-state index contributed by atoms with van der Waals surface area (Å²) in [5.41, 5.74) is 1.12. The number of ketones is 1. The minimum atomic E-state index is 0.235. The molecule has 2 rings (SSSR count).